The lowest BCUT2D eigenvalue weighted by Crippen LogP contribution is -1.93. The number of rotatable bonds is 1. The monoisotopic (exact) mass is 349 g/mol. The van der Waals surface area contributed by atoms with E-state index < -0.39 is 0 Å². The summed E-state index contributed by atoms with van der Waals surface area (Å²) >= 11 is 0. The highest BCUT2D eigenvalue weighted by Gasteiger charge is 2.20. The van der Waals surface area contributed by atoms with Gasteiger partial charge in [-0.1, -0.05) is 48.0 Å². The van der Waals surface area contributed by atoms with Gasteiger partial charge in [0.2, 0.25) is 0 Å². The van der Waals surface area contributed by atoms with Crippen LogP contribution in [0.3, 0.4) is 0 Å². The van der Waals surface area contributed by atoms with E-state index in [-0.39, 0.29) is 0 Å². The molecule has 130 valence electrons. The fraction of sp³-hybridized carbons (Fsp3) is 0.120. The van der Waals surface area contributed by atoms with E-state index in [0.717, 1.165) is 24.2 Å². The van der Waals surface area contributed by atoms with Crippen molar-refractivity contribution in [3.05, 3.63) is 83.6 Å². The number of hydrogen-bond acceptors (Lipinski definition) is 1. The van der Waals surface area contributed by atoms with E-state index in [2.05, 4.69) is 84.3 Å². The minimum absolute atomic E-state index is 0.985. The Kier molecular flexibility index (Phi) is 2.96. The number of para-hydroxylation sites is 1. The van der Waals surface area contributed by atoms with Gasteiger partial charge in [-0.25, -0.2) is 0 Å². The standard InChI is InChI=1S/C25H19NO/c1-16-10-12-17(13-11-16)26-21-8-4-2-7-20(21)24-22(26)15-14-19-18-6-3-5-9-23(18)27-25(19)24/h2-4,6-8,10-15H,5,9H2,1H3. The van der Waals surface area contributed by atoms with Crippen LogP contribution in [0.15, 0.2) is 71.2 Å². The molecule has 0 bridgehead atoms. The van der Waals surface area contributed by atoms with Gasteiger partial charge >= 0.3 is 0 Å². The van der Waals surface area contributed by atoms with Crippen molar-refractivity contribution in [3.63, 3.8) is 0 Å². The van der Waals surface area contributed by atoms with Crippen molar-refractivity contribution < 1.29 is 4.42 Å². The molecule has 0 aliphatic heterocycles. The van der Waals surface area contributed by atoms with E-state index in [1.807, 2.05) is 0 Å². The highest BCUT2D eigenvalue weighted by atomic mass is 16.3. The molecular weight excluding hydrogens is 330 g/mol. The molecule has 0 saturated heterocycles. The van der Waals surface area contributed by atoms with Crippen molar-refractivity contribution in [2.75, 3.05) is 0 Å². The van der Waals surface area contributed by atoms with Gasteiger partial charge in [0.25, 0.3) is 0 Å². The first-order chi connectivity index (χ1) is 13.3. The Labute approximate surface area is 157 Å². The van der Waals surface area contributed by atoms with E-state index in [4.69, 9.17) is 4.42 Å². The number of fused-ring (bicyclic) bond motifs is 7. The molecule has 27 heavy (non-hydrogen) atoms. The molecule has 2 aromatic heterocycles. The van der Waals surface area contributed by atoms with Crippen LogP contribution >= 0.6 is 0 Å². The zero-order valence-corrected chi connectivity index (χ0v) is 15.2. The molecule has 0 amide bonds. The maximum atomic E-state index is 6.42. The van der Waals surface area contributed by atoms with E-state index in [9.17, 15) is 0 Å². The third kappa shape index (κ3) is 2.01. The van der Waals surface area contributed by atoms with Crippen molar-refractivity contribution in [2.24, 2.45) is 0 Å². The Hall–Kier alpha value is -3.26. The minimum Gasteiger partial charge on any atom is -0.460 e. The van der Waals surface area contributed by atoms with Crippen LogP contribution in [0.25, 0.3) is 44.5 Å². The van der Waals surface area contributed by atoms with Crippen molar-refractivity contribution in [3.8, 4) is 5.69 Å². The van der Waals surface area contributed by atoms with E-state index >= 15 is 0 Å². The lowest BCUT2D eigenvalue weighted by Gasteiger charge is -2.08. The van der Waals surface area contributed by atoms with E-state index in [0.29, 0.717) is 0 Å². The number of benzene rings is 3. The summed E-state index contributed by atoms with van der Waals surface area (Å²) in [5, 5.41) is 3.68. The van der Waals surface area contributed by atoms with Crippen LogP contribution in [0, 0.1) is 6.92 Å². The molecule has 0 fully saturated rings. The topological polar surface area (TPSA) is 18.1 Å². The number of allylic oxidation sites excluding steroid dienone is 1. The molecule has 2 heteroatoms. The zero-order valence-electron chi connectivity index (χ0n) is 15.2. The number of aryl methyl sites for hydroxylation is 2. The van der Waals surface area contributed by atoms with Gasteiger partial charge in [-0.05, 0) is 43.7 Å². The summed E-state index contributed by atoms with van der Waals surface area (Å²) in [6.07, 6.45) is 6.51. The van der Waals surface area contributed by atoms with Crippen LogP contribution in [-0.2, 0) is 6.42 Å². The molecule has 6 rings (SSSR count). The summed E-state index contributed by atoms with van der Waals surface area (Å²) in [6.45, 7) is 2.13. The third-order valence-corrected chi connectivity index (χ3v) is 5.72. The predicted octanol–water partition coefficient (Wildman–Crippen LogP) is 6.80. The Morgan fingerprint density at radius 1 is 0.852 bits per heavy atom. The number of hydrogen-bond donors (Lipinski definition) is 0. The molecule has 2 nitrogen and oxygen atoms in total. The summed E-state index contributed by atoms with van der Waals surface area (Å²) in [5.41, 5.74) is 7.14. The lowest BCUT2D eigenvalue weighted by atomic mass is 10.0. The summed E-state index contributed by atoms with van der Waals surface area (Å²) < 4.78 is 8.76. The van der Waals surface area contributed by atoms with Gasteiger partial charge in [0.05, 0.1) is 16.4 Å². The quantitative estimate of drug-likeness (QED) is 0.325. The number of furan rings is 1. The van der Waals surface area contributed by atoms with Crippen molar-refractivity contribution in [2.45, 2.75) is 19.8 Å². The molecule has 1 aliphatic rings. The molecule has 0 radical (unpaired) electrons. The normalized spacial score (nSPS) is 13.7. The molecule has 0 unspecified atom stereocenters. The zero-order chi connectivity index (χ0) is 18.0. The van der Waals surface area contributed by atoms with Crippen LogP contribution in [0.4, 0.5) is 0 Å². The van der Waals surface area contributed by atoms with Crippen LogP contribution in [0.2, 0.25) is 0 Å². The van der Waals surface area contributed by atoms with Crippen LogP contribution < -0.4 is 0 Å². The molecular formula is C25H19NO. The average molecular weight is 349 g/mol. The van der Waals surface area contributed by atoms with Gasteiger partial charge in [-0.15, -0.1) is 0 Å². The minimum atomic E-state index is 0.985. The van der Waals surface area contributed by atoms with Gasteiger partial charge in [0.15, 0.2) is 0 Å². The van der Waals surface area contributed by atoms with Crippen LogP contribution in [0.1, 0.15) is 23.3 Å². The Balaban J connectivity index is 1.80. The summed E-state index contributed by atoms with van der Waals surface area (Å²) in [4.78, 5) is 0. The van der Waals surface area contributed by atoms with Crippen LogP contribution in [0.5, 0.6) is 0 Å². The van der Waals surface area contributed by atoms with Gasteiger partial charge in [-0.2, -0.15) is 0 Å². The highest BCUT2D eigenvalue weighted by molar-refractivity contribution is 6.20. The number of nitrogens with zero attached hydrogens (tertiary/aromatic N) is 1. The first kappa shape index (κ1) is 14.9. The average Bonchev–Trinajstić information content (AvgIpc) is 3.24. The molecule has 1 aliphatic carbocycles. The first-order valence-electron chi connectivity index (χ1n) is 9.52. The molecule has 5 aromatic rings. The van der Waals surface area contributed by atoms with Crippen LogP contribution in [-0.4, -0.2) is 4.57 Å². The van der Waals surface area contributed by atoms with Crippen molar-refractivity contribution >= 4 is 38.9 Å². The summed E-state index contributed by atoms with van der Waals surface area (Å²) in [6, 6.07) is 21.8. The second-order valence-electron chi connectivity index (χ2n) is 7.40. The van der Waals surface area contributed by atoms with Gasteiger partial charge in [0.1, 0.15) is 11.3 Å². The fourth-order valence-corrected chi connectivity index (χ4v) is 4.43. The summed E-state index contributed by atoms with van der Waals surface area (Å²) in [7, 11) is 0. The lowest BCUT2D eigenvalue weighted by molar-refractivity contribution is 0.549. The van der Waals surface area contributed by atoms with Gasteiger partial charge < -0.3 is 8.98 Å². The van der Waals surface area contributed by atoms with Crippen molar-refractivity contribution in [1.29, 1.82) is 0 Å². The Bertz CT molecular complexity index is 1360. The second kappa shape index (κ2) is 5.37. The Morgan fingerprint density at radius 3 is 2.59 bits per heavy atom. The number of aromatic nitrogens is 1. The molecule has 0 N–H and O–H groups in total. The van der Waals surface area contributed by atoms with Gasteiger partial charge in [-0.3, -0.25) is 0 Å². The van der Waals surface area contributed by atoms with E-state index in [1.165, 1.54) is 44.0 Å². The van der Waals surface area contributed by atoms with Crippen molar-refractivity contribution in [1.82, 2.24) is 4.57 Å². The summed E-state index contributed by atoms with van der Waals surface area (Å²) in [5.74, 6) is 1.12. The molecule has 3 aromatic carbocycles. The maximum Gasteiger partial charge on any atom is 0.144 e. The largest absolute Gasteiger partial charge is 0.460 e. The van der Waals surface area contributed by atoms with E-state index in [1.54, 1.807) is 0 Å². The molecule has 0 saturated carbocycles. The molecule has 0 atom stereocenters. The fourth-order valence-electron chi connectivity index (χ4n) is 4.43. The maximum absolute atomic E-state index is 6.42. The third-order valence-electron chi connectivity index (χ3n) is 5.72. The smallest absolute Gasteiger partial charge is 0.144 e. The SMILES string of the molecule is Cc1ccc(-n2c3ccccc3c3c4oc5c(c4ccc32)C=CCC5)cc1. The highest BCUT2D eigenvalue weighted by Crippen LogP contribution is 2.40. The molecule has 2 heterocycles. The van der Waals surface area contributed by atoms with Gasteiger partial charge in [0, 0.05) is 28.4 Å². The second-order valence-corrected chi connectivity index (χ2v) is 7.40. The predicted molar refractivity (Wildman–Crippen MR) is 113 cm³/mol. The Morgan fingerprint density at radius 2 is 1.70 bits per heavy atom. The molecule has 0 spiro atoms. The first-order valence-corrected chi connectivity index (χ1v) is 9.52.